The summed E-state index contributed by atoms with van der Waals surface area (Å²) in [7, 11) is -3.61. The molecule has 1 aliphatic heterocycles. The third-order valence-electron chi connectivity index (χ3n) is 5.94. The predicted octanol–water partition coefficient (Wildman–Crippen LogP) is 2.73. The maximum absolute atomic E-state index is 12.8. The summed E-state index contributed by atoms with van der Waals surface area (Å²) in [5, 5.41) is 3.33. The molecule has 8 heteroatoms. The molecule has 6 nitrogen and oxygen atoms in total. The summed E-state index contributed by atoms with van der Waals surface area (Å²) in [4.78, 5) is 14.7. The second-order valence-corrected chi connectivity index (χ2v) is 10.1. The molecule has 1 amide bonds. The van der Waals surface area contributed by atoms with Crippen molar-refractivity contribution in [3.8, 4) is 0 Å². The van der Waals surface area contributed by atoms with Gasteiger partial charge in [0.1, 0.15) is 4.90 Å². The molecule has 156 valence electrons. The van der Waals surface area contributed by atoms with Gasteiger partial charge >= 0.3 is 0 Å². The van der Waals surface area contributed by atoms with Crippen molar-refractivity contribution in [1.82, 2.24) is 14.5 Å². The molecule has 1 aromatic rings. The highest BCUT2D eigenvalue weighted by atomic mass is 35.5. The number of benzene rings is 1. The standard InChI is InChI=1S/C20H30ClN3O3S/c1-16(20(25)22-15-17-7-3-2-4-8-17)23-11-13-24(14-12-23)28(26,27)19-10-6-5-9-18(19)21/h5-6,9-10,16-17H,2-4,7-8,11-15H2,1H3,(H,22,25). The van der Waals surface area contributed by atoms with E-state index in [4.69, 9.17) is 11.6 Å². The van der Waals surface area contributed by atoms with Crippen molar-refractivity contribution in [2.75, 3.05) is 32.7 Å². The van der Waals surface area contributed by atoms with Gasteiger partial charge in [0.05, 0.1) is 11.1 Å². The van der Waals surface area contributed by atoms with E-state index in [2.05, 4.69) is 10.2 Å². The number of carbonyl (C=O) groups is 1. The van der Waals surface area contributed by atoms with E-state index in [1.165, 1.54) is 42.5 Å². The molecule has 1 N–H and O–H groups in total. The maximum Gasteiger partial charge on any atom is 0.244 e. The van der Waals surface area contributed by atoms with Gasteiger partial charge in [-0.15, -0.1) is 0 Å². The summed E-state index contributed by atoms with van der Waals surface area (Å²) in [6.07, 6.45) is 6.23. The number of amides is 1. The number of hydrogen-bond acceptors (Lipinski definition) is 4. The first-order chi connectivity index (χ1) is 13.4. The minimum Gasteiger partial charge on any atom is -0.354 e. The first kappa shape index (κ1) is 21.6. The zero-order valence-corrected chi connectivity index (χ0v) is 18.0. The fourth-order valence-corrected chi connectivity index (χ4v) is 5.99. The summed E-state index contributed by atoms with van der Waals surface area (Å²) >= 11 is 6.08. The quantitative estimate of drug-likeness (QED) is 0.757. The average Bonchev–Trinajstić information content (AvgIpc) is 2.72. The first-order valence-corrected chi connectivity index (χ1v) is 12.0. The van der Waals surface area contributed by atoms with Crippen molar-refractivity contribution in [3.05, 3.63) is 29.3 Å². The number of sulfonamides is 1. The van der Waals surface area contributed by atoms with Crippen LogP contribution >= 0.6 is 11.6 Å². The largest absolute Gasteiger partial charge is 0.354 e. The molecule has 2 fully saturated rings. The van der Waals surface area contributed by atoms with E-state index in [1.807, 2.05) is 6.92 Å². The van der Waals surface area contributed by atoms with Gasteiger partial charge < -0.3 is 5.32 Å². The van der Waals surface area contributed by atoms with Crippen LogP contribution in [-0.2, 0) is 14.8 Å². The Labute approximate surface area is 173 Å². The lowest BCUT2D eigenvalue weighted by Crippen LogP contribution is -2.55. The van der Waals surface area contributed by atoms with Crippen molar-refractivity contribution in [2.45, 2.75) is 50.0 Å². The van der Waals surface area contributed by atoms with E-state index in [-0.39, 0.29) is 21.9 Å². The molecule has 2 aliphatic rings. The van der Waals surface area contributed by atoms with Crippen LogP contribution in [0.1, 0.15) is 39.0 Å². The Balaban J connectivity index is 1.51. The van der Waals surface area contributed by atoms with Gasteiger partial charge in [-0.05, 0) is 37.8 Å². The molecule has 1 unspecified atom stereocenters. The summed E-state index contributed by atoms with van der Waals surface area (Å²) in [5.41, 5.74) is 0. The molecule has 1 saturated carbocycles. The lowest BCUT2D eigenvalue weighted by molar-refractivity contribution is -0.126. The summed E-state index contributed by atoms with van der Waals surface area (Å²) < 4.78 is 27.1. The molecule has 1 aliphatic carbocycles. The third kappa shape index (κ3) is 5.06. The van der Waals surface area contributed by atoms with Gasteiger partial charge in [-0.3, -0.25) is 9.69 Å². The Morgan fingerprint density at radius 1 is 1.14 bits per heavy atom. The molecule has 1 saturated heterocycles. The minimum absolute atomic E-state index is 0.0352. The van der Waals surface area contributed by atoms with Crippen LogP contribution < -0.4 is 5.32 Å². The monoisotopic (exact) mass is 427 g/mol. The number of nitrogens with zero attached hydrogens (tertiary/aromatic N) is 2. The molecular formula is C20H30ClN3O3S. The number of carbonyl (C=O) groups excluding carboxylic acids is 1. The van der Waals surface area contributed by atoms with Gasteiger partial charge in [0, 0.05) is 32.7 Å². The fourth-order valence-electron chi connectivity index (χ4n) is 4.07. The molecule has 28 heavy (non-hydrogen) atoms. The van der Waals surface area contributed by atoms with Gasteiger partial charge in [0.15, 0.2) is 0 Å². The number of rotatable bonds is 6. The Hall–Kier alpha value is -1.15. The smallest absolute Gasteiger partial charge is 0.244 e. The van der Waals surface area contributed by atoms with Crippen LogP contribution in [0.15, 0.2) is 29.2 Å². The second-order valence-electron chi connectivity index (χ2n) is 7.80. The summed E-state index contributed by atoms with van der Waals surface area (Å²) in [6, 6.07) is 6.25. The van der Waals surface area contributed by atoms with Crippen LogP contribution in [0.2, 0.25) is 5.02 Å². The van der Waals surface area contributed by atoms with Crippen LogP contribution in [0.5, 0.6) is 0 Å². The Bertz CT molecular complexity index is 773. The van der Waals surface area contributed by atoms with E-state index in [0.29, 0.717) is 32.1 Å². The van der Waals surface area contributed by atoms with Crippen molar-refractivity contribution in [3.63, 3.8) is 0 Å². The highest BCUT2D eigenvalue weighted by Crippen LogP contribution is 2.25. The lowest BCUT2D eigenvalue weighted by atomic mass is 9.89. The zero-order valence-electron chi connectivity index (χ0n) is 16.4. The van der Waals surface area contributed by atoms with Gasteiger partial charge in [-0.25, -0.2) is 8.42 Å². The van der Waals surface area contributed by atoms with E-state index >= 15 is 0 Å². The van der Waals surface area contributed by atoms with Crippen molar-refractivity contribution >= 4 is 27.5 Å². The van der Waals surface area contributed by atoms with Crippen molar-refractivity contribution in [2.24, 2.45) is 5.92 Å². The van der Waals surface area contributed by atoms with Crippen LogP contribution in [0, 0.1) is 5.92 Å². The SMILES string of the molecule is CC(C(=O)NCC1CCCCC1)N1CCN(S(=O)(=O)c2ccccc2Cl)CC1. The highest BCUT2D eigenvalue weighted by Gasteiger charge is 2.32. The van der Waals surface area contributed by atoms with E-state index in [9.17, 15) is 13.2 Å². The number of piperazine rings is 1. The van der Waals surface area contributed by atoms with Crippen molar-refractivity contribution in [1.29, 1.82) is 0 Å². The number of halogens is 1. The number of nitrogens with one attached hydrogen (secondary N) is 1. The molecule has 3 rings (SSSR count). The van der Waals surface area contributed by atoms with Gasteiger partial charge in [0.25, 0.3) is 0 Å². The van der Waals surface area contributed by atoms with Gasteiger partial charge in [-0.1, -0.05) is 43.0 Å². The fraction of sp³-hybridized carbons (Fsp3) is 0.650. The topological polar surface area (TPSA) is 69.7 Å². The molecule has 0 spiro atoms. The maximum atomic E-state index is 12.8. The third-order valence-corrected chi connectivity index (χ3v) is 8.34. The van der Waals surface area contributed by atoms with E-state index in [1.54, 1.807) is 18.2 Å². The summed E-state index contributed by atoms with van der Waals surface area (Å²) in [6.45, 7) is 4.42. The van der Waals surface area contributed by atoms with E-state index < -0.39 is 10.0 Å². The van der Waals surface area contributed by atoms with Gasteiger partial charge in [0.2, 0.25) is 15.9 Å². The van der Waals surface area contributed by atoms with Crippen LogP contribution in [0.3, 0.4) is 0 Å². The molecule has 1 atom stereocenters. The van der Waals surface area contributed by atoms with E-state index in [0.717, 1.165) is 6.54 Å². The van der Waals surface area contributed by atoms with Crippen molar-refractivity contribution < 1.29 is 13.2 Å². The molecule has 0 bridgehead atoms. The Kier molecular flexibility index (Phi) is 7.36. The van der Waals surface area contributed by atoms with Crippen LogP contribution in [-0.4, -0.2) is 62.3 Å². The number of hydrogen-bond donors (Lipinski definition) is 1. The Morgan fingerprint density at radius 2 is 1.79 bits per heavy atom. The van der Waals surface area contributed by atoms with Gasteiger partial charge in [-0.2, -0.15) is 4.31 Å². The molecule has 0 aromatic heterocycles. The molecule has 1 aromatic carbocycles. The van der Waals surface area contributed by atoms with Crippen LogP contribution in [0.25, 0.3) is 0 Å². The molecule has 1 heterocycles. The normalized spacial score (nSPS) is 21.4. The second kappa shape index (κ2) is 9.57. The van der Waals surface area contributed by atoms with Crippen LogP contribution in [0.4, 0.5) is 0 Å². The lowest BCUT2D eigenvalue weighted by Gasteiger charge is -2.37. The Morgan fingerprint density at radius 3 is 2.43 bits per heavy atom. The molecule has 0 radical (unpaired) electrons. The highest BCUT2D eigenvalue weighted by molar-refractivity contribution is 7.89. The molecular weight excluding hydrogens is 398 g/mol. The minimum atomic E-state index is -3.61. The first-order valence-electron chi connectivity index (χ1n) is 10.2. The average molecular weight is 428 g/mol. The predicted molar refractivity (Wildman–Crippen MR) is 111 cm³/mol. The zero-order chi connectivity index (χ0) is 20.1. The summed E-state index contributed by atoms with van der Waals surface area (Å²) in [5.74, 6) is 0.635.